The highest BCUT2D eigenvalue weighted by atomic mass is 19.1. The van der Waals surface area contributed by atoms with Gasteiger partial charge in [-0.25, -0.2) is 18.5 Å². The van der Waals surface area contributed by atoms with Crippen molar-refractivity contribution in [3.63, 3.8) is 0 Å². The Balaban J connectivity index is 2.67. The second-order valence-electron chi connectivity index (χ2n) is 3.81. The number of fused-ring (bicyclic) bond motifs is 1. The van der Waals surface area contributed by atoms with Crippen LogP contribution in [-0.4, -0.2) is 34.8 Å². The van der Waals surface area contributed by atoms with Crippen molar-refractivity contribution in [2.24, 2.45) is 0 Å². The van der Waals surface area contributed by atoms with Crippen LogP contribution in [0.4, 0.5) is 4.39 Å². The van der Waals surface area contributed by atoms with Gasteiger partial charge in [-0.15, -0.1) is 0 Å². The molecule has 0 aromatic carbocycles. The number of esters is 2. The van der Waals surface area contributed by atoms with Gasteiger partial charge in [0.2, 0.25) is 0 Å². The Morgan fingerprint density at radius 1 is 1.25 bits per heavy atom. The third-order valence-corrected chi connectivity index (χ3v) is 2.55. The van der Waals surface area contributed by atoms with Crippen LogP contribution in [-0.2, 0) is 9.47 Å². The number of ether oxygens (including phenoxy) is 2. The molecule has 6 nitrogen and oxygen atoms in total. The van der Waals surface area contributed by atoms with Crippen molar-refractivity contribution >= 4 is 17.5 Å². The summed E-state index contributed by atoms with van der Waals surface area (Å²) in [5.74, 6) is -2.27. The fourth-order valence-corrected chi connectivity index (χ4v) is 1.80. The lowest BCUT2D eigenvalue weighted by Crippen LogP contribution is -2.13. The lowest BCUT2D eigenvalue weighted by molar-refractivity contribution is 0.0476. The van der Waals surface area contributed by atoms with Crippen molar-refractivity contribution in [2.45, 2.75) is 13.8 Å². The average molecular weight is 280 g/mol. The van der Waals surface area contributed by atoms with Gasteiger partial charge < -0.3 is 9.47 Å². The normalized spacial score (nSPS) is 10.6. The van der Waals surface area contributed by atoms with E-state index in [1.165, 1.54) is 18.3 Å². The quantitative estimate of drug-likeness (QED) is 0.799. The molecule has 0 saturated carbocycles. The summed E-state index contributed by atoms with van der Waals surface area (Å²) in [6, 6.07) is 2.59. The number of nitrogens with zero attached hydrogens (tertiary/aromatic N) is 2. The van der Waals surface area contributed by atoms with Crippen molar-refractivity contribution < 1.29 is 23.5 Å². The fraction of sp³-hybridized carbons (Fsp3) is 0.308. The lowest BCUT2D eigenvalue weighted by atomic mass is 10.2. The molecule has 0 spiro atoms. The van der Waals surface area contributed by atoms with Gasteiger partial charge in [-0.1, -0.05) is 0 Å². The summed E-state index contributed by atoms with van der Waals surface area (Å²) in [5.41, 5.74) is -0.576. The second kappa shape index (κ2) is 5.68. The molecule has 7 heteroatoms. The molecule has 0 atom stereocenters. The van der Waals surface area contributed by atoms with E-state index in [2.05, 4.69) is 5.10 Å². The first-order valence-electron chi connectivity index (χ1n) is 6.11. The van der Waals surface area contributed by atoms with Gasteiger partial charge >= 0.3 is 11.9 Å². The van der Waals surface area contributed by atoms with Crippen LogP contribution >= 0.6 is 0 Å². The molecule has 2 aromatic heterocycles. The topological polar surface area (TPSA) is 69.9 Å². The van der Waals surface area contributed by atoms with Crippen LogP contribution in [0, 0.1) is 5.82 Å². The van der Waals surface area contributed by atoms with Gasteiger partial charge in [0.05, 0.1) is 13.2 Å². The van der Waals surface area contributed by atoms with E-state index in [1.807, 2.05) is 0 Å². The van der Waals surface area contributed by atoms with Crippen molar-refractivity contribution in [3.8, 4) is 0 Å². The van der Waals surface area contributed by atoms with Gasteiger partial charge in [0, 0.05) is 6.20 Å². The molecule has 2 aromatic rings. The zero-order chi connectivity index (χ0) is 14.7. The Bertz CT molecular complexity index is 666. The van der Waals surface area contributed by atoms with Gasteiger partial charge in [0.25, 0.3) is 0 Å². The van der Waals surface area contributed by atoms with Crippen molar-refractivity contribution in [2.75, 3.05) is 13.2 Å². The highest BCUT2D eigenvalue weighted by Gasteiger charge is 2.28. The number of hydrogen-bond acceptors (Lipinski definition) is 5. The highest BCUT2D eigenvalue weighted by molar-refractivity contribution is 6.07. The first-order chi connectivity index (χ1) is 9.60. The predicted octanol–water partition coefficient (Wildman–Crippen LogP) is 1.83. The van der Waals surface area contributed by atoms with Crippen LogP contribution in [0.15, 0.2) is 18.3 Å². The van der Waals surface area contributed by atoms with Crippen molar-refractivity contribution in [1.82, 2.24) is 9.61 Å². The molecule has 0 bridgehead atoms. The number of aromatic nitrogens is 2. The van der Waals surface area contributed by atoms with E-state index in [1.54, 1.807) is 13.8 Å². The number of carbonyl (C=O) groups excluding carboxylic acids is 2. The summed E-state index contributed by atoms with van der Waals surface area (Å²) < 4.78 is 24.7. The molecule has 0 aliphatic carbocycles. The van der Waals surface area contributed by atoms with E-state index in [-0.39, 0.29) is 30.0 Å². The minimum absolute atomic E-state index is 0.103. The maximum absolute atomic E-state index is 13.9. The van der Waals surface area contributed by atoms with Crippen molar-refractivity contribution in [1.29, 1.82) is 0 Å². The molecule has 0 fully saturated rings. The maximum Gasteiger partial charge on any atom is 0.359 e. The zero-order valence-electron chi connectivity index (χ0n) is 11.1. The second-order valence-corrected chi connectivity index (χ2v) is 3.81. The Kier molecular flexibility index (Phi) is 3.97. The molecule has 2 rings (SSSR count). The smallest absolute Gasteiger partial charge is 0.359 e. The summed E-state index contributed by atoms with van der Waals surface area (Å²) >= 11 is 0. The lowest BCUT2D eigenvalue weighted by Gasteiger charge is -2.03. The van der Waals surface area contributed by atoms with E-state index in [0.29, 0.717) is 0 Å². The molecule has 0 saturated heterocycles. The Hall–Kier alpha value is -2.44. The van der Waals surface area contributed by atoms with Gasteiger partial charge in [0.15, 0.2) is 5.69 Å². The number of hydrogen-bond donors (Lipinski definition) is 0. The van der Waals surface area contributed by atoms with Crippen LogP contribution in [0.25, 0.3) is 5.52 Å². The van der Waals surface area contributed by atoms with Crippen LogP contribution in [0.5, 0.6) is 0 Å². The number of halogens is 1. The average Bonchev–Trinajstić information content (AvgIpc) is 2.80. The summed E-state index contributed by atoms with van der Waals surface area (Å²) in [5, 5.41) is 3.90. The molecule has 0 aliphatic rings. The number of carbonyl (C=O) groups is 2. The van der Waals surface area contributed by atoms with Crippen LogP contribution in [0.2, 0.25) is 0 Å². The minimum Gasteiger partial charge on any atom is -0.462 e. The summed E-state index contributed by atoms with van der Waals surface area (Å²) in [6.07, 6.45) is 1.43. The summed E-state index contributed by atoms with van der Waals surface area (Å²) in [4.78, 5) is 23.8. The summed E-state index contributed by atoms with van der Waals surface area (Å²) in [6.45, 7) is 3.46. The largest absolute Gasteiger partial charge is 0.462 e. The van der Waals surface area contributed by atoms with Crippen LogP contribution < -0.4 is 0 Å². The predicted molar refractivity (Wildman–Crippen MR) is 67.1 cm³/mol. The first-order valence-corrected chi connectivity index (χ1v) is 6.11. The molecule has 2 heterocycles. The minimum atomic E-state index is -0.810. The van der Waals surface area contributed by atoms with Crippen molar-refractivity contribution in [3.05, 3.63) is 35.4 Å². The van der Waals surface area contributed by atoms with Crippen LogP contribution in [0.1, 0.15) is 34.7 Å². The van der Waals surface area contributed by atoms with Crippen LogP contribution in [0.3, 0.4) is 0 Å². The van der Waals surface area contributed by atoms with Gasteiger partial charge in [-0.3, -0.25) is 0 Å². The van der Waals surface area contributed by atoms with E-state index < -0.39 is 17.8 Å². The molecule has 0 unspecified atom stereocenters. The third-order valence-electron chi connectivity index (χ3n) is 2.55. The van der Waals surface area contributed by atoms with E-state index >= 15 is 0 Å². The van der Waals surface area contributed by atoms with Gasteiger partial charge in [-0.05, 0) is 26.0 Å². The van der Waals surface area contributed by atoms with Gasteiger partial charge in [-0.2, -0.15) is 5.10 Å². The van der Waals surface area contributed by atoms with E-state index in [9.17, 15) is 14.0 Å². The highest BCUT2D eigenvalue weighted by Crippen LogP contribution is 2.21. The Morgan fingerprint density at radius 3 is 2.55 bits per heavy atom. The maximum atomic E-state index is 13.9. The molecule has 0 amide bonds. The van der Waals surface area contributed by atoms with Gasteiger partial charge in [0.1, 0.15) is 16.9 Å². The number of rotatable bonds is 4. The SMILES string of the molecule is CCOC(=O)c1nn2cccc(F)c2c1C(=O)OCC. The molecule has 20 heavy (non-hydrogen) atoms. The number of pyridine rings is 1. The fourth-order valence-electron chi connectivity index (χ4n) is 1.80. The molecule has 0 aliphatic heterocycles. The zero-order valence-corrected chi connectivity index (χ0v) is 11.1. The molecule has 106 valence electrons. The Morgan fingerprint density at radius 2 is 1.90 bits per heavy atom. The summed E-state index contributed by atoms with van der Waals surface area (Å²) in [7, 11) is 0. The Labute approximate surface area is 114 Å². The third kappa shape index (κ3) is 2.34. The standard InChI is InChI=1S/C13H13FN2O4/c1-3-19-12(17)9-10(13(18)20-4-2)15-16-7-5-6-8(14)11(9)16/h5-7H,3-4H2,1-2H3. The molecular weight excluding hydrogens is 267 g/mol. The van der Waals surface area contributed by atoms with E-state index in [0.717, 1.165) is 4.52 Å². The van der Waals surface area contributed by atoms with E-state index in [4.69, 9.17) is 9.47 Å². The molecule has 0 radical (unpaired) electrons. The first kappa shape index (κ1) is 14.0. The molecule has 0 N–H and O–H groups in total. The molecular formula is C13H13FN2O4. The monoisotopic (exact) mass is 280 g/mol.